The van der Waals surface area contributed by atoms with Gasteiger partial charge >= 0.3 is 0 Å². The van der Waals surface area contributed by atoms with Crippen LogP contribution in [0.4, 0.5) is 0 Å². The lowest BCUT2D eigenvalue weighted by molar-refractivity contribution is 0.156. The predicted octanol–water partition coefficient (Wildman–Crippen LogP) is 6.28. The van der Waals surface area contributed by atoms with Gasteiger partial charge in [-0.05, 0) is 25.7 Å². The molecule has 0 aromatic carbocycles. The third-order valence-electron chi connectivity index (χ3n) is 5.32. The van der Waals surface area contributed by atoms with E-state index in [1.807, 2.05) is 13.8 Å². The summed E-state index contributed by atoms with van der Waals surface area (Å²) in [7, 11) is -3.86. The zero-order chi connectivity index (χ0) is 19.7. The number of hydrogen-bond acceptors (Lipinski definition) is 3. The predicted molar refractivity (Wildman–Crippen MR) is 111 cm³/mol. The Balaban J connectivity index is 3.34. The highest BCUT2D eigenvalue weighted by Crippen LogP contribution is 2.17. The molecule has 0 saturated carbocycles. The molecule has 0 aliphatic rings. The second kappa shape index (κ2) is 17.0. The Morgan fingerprint density at radius 2 is 1.04 bits per heavy atom. The fraction of sp³-hybridized carbons (Fsp3) is 1.00. The quantitative estimate of drug-likeness (QED) is 0.200. The van der Waals surface area contributed by atoms with Crippen molar-refractivity contribution in [3.63, 3.8) is 0 Å². The zero-order valence-electron chi connectivity index (χ0n) is 17.3. The molecule has 0 rings (SSSR count). The van der Waals surface area contributed by atoms with Crippen molar-refractivity contribution in [3.05, 3.63) is 0 Å². The van der Waals surface area contributed by atoms with Crippen molar-refractivity contribution in [2.45, 2.75) is 134 Å². The summed E-state index contributed by atoms with van der Waals surface area (Å²) in [5.41, 5.74) is 0. The fourth-order valence-corrected chi connectivity index (χ4v) is 4.49. The summed E-state index contributed by atoms with van der Waals surface area (Å²) in [6.45, 7) is 3.99. The molecule has 0 saturated heterocycles. The summed E-state index contributed by atoms with van der Waals surface area (Å²) in [6.07, 6.45) is 18.3. The van der Waals surface area contributed by atoms with Gasteiger partial charge in [-0.15, -0.1) is 0 Å². The third-order valence-corrected chi connectivity index (χ3v) is 6.63. The van der Waals surface area contributed by atoms with Crippen molar-refractivity contribution < 1.29 is 18.1 Å². The lowest BCUT2D eigenvalue weighted by Gasteiger charge is -2.12. The van der Waals surface area contributed by atoms with Gasteiger partial charge in [0.2, 0.25) is 0 Å². The topological polar surface area (TPSA) is 74.6 Å². The fourth-order valence-electron chi connectivity index (χ4n) is 3.49. The first kappa shape index (κ1) is 25.9. The Morgan fingerprint density at radius 1 is 0.654 bits per heavy atom. The molecule has 0 aromatic heterocycles. The van der Waals surface area contributed by atoms with Crippen LogP contribution in [0.2, 0.25) is 0 Å². The van der Waals surface area contributed by atoms with Crippen molar-refractivity contribution in [2.24, 2.45) is 0 Å². The molecule has 0 heterocycles. The van der Waals surface area contributed by atoms with Crippen LogP contribution in [0.3, 0.4) is 0 Å². The number of aliphatic hydroxyl groups excluding tert-OH is 1. The van der Waals surface area contributed by atoms with Crippen LogP contribution in [0.5, 0.6) is 0 Å². The van der Waals surface area contributed by atoms with E-state index in [0.717, 1.165) is 38.5 Å². The molecule has 2 atom stereocenters. The lowest BCUT2D eigenvalue weighted by atomic mass is 10.0. The van der Waals surface area contributed by atoms with E-state index in [-0.39, 0.29) is 6.10 Å². The van der Waals surface area contributed by atoms with Gasteiger partial charge in [-0.3, -0.25) is 4.55 Å². The Hall–Kier alpha value is -0.130. The van der Waals surface area contributed by atoms with Crippen LogP contribution in [0.15, 0.2) is 0 Å². The van der Waals surface area contributed by atoms with Gasteiger partial charge in [-0.25, -0.2) is 0 Å². The van der Waals surface area contributed by atoms with Crippen LogP contribution < -0.4 is 0 Å². The highest BCUT2D eigenvalue weighted by Gasteiger charge is 2.20. The Labute approximate surface area is 162 Å². The second-order valence-corrected chi connectivity index (χ2v) is 9.50. The molecular weight excluding hydrogens is 348 g/mol. The van der Waals surface area contributed by atoms with Gasteiger partial charge in [0.05, 0.1) is 11.4 Å². The van der Waals surface area contributed by atoms with Crippen molar-refractivity contribution in [1.82, 2.24) is 0 Å². The van der Waals surface area contributed by atoms with E-state index in [1.54, 1.807) is 0 Å². The minimum Gasteiger partial charge on any atom is -0.393 e. The van der Waals surface area contributed by atoms with E-state index < -0.39 is 15.4 Å². The second-order valence-electron chi connectivity index (χ2n) is 7.81. The summed E-state index contributed by atoms with van der Waals surface area (Å²) < 4.78 is 31.7. The summed E-state index contributed by atoms with van der Waals surface area (Å²) in [5.74, 6) is 0. The van der Waals surface area contributed by atoms with Crippen LogP contribution in [-0.4, -0.2) is 29.4 Å². The molecule has 2 N–H and O–H groups in total. The molecule has 0 radical (unpaired) electrons. The third kappa shape index (κ3) is 16.1. The number of aliphatic hydroxyl groups is 1. The van der Waals surface area contributed by atoms with E-state index in [2.05, 4.69) is 0 Å². The van der Waals surface area contributed by atoms with Gasteiger partial charge in [0.15, 0.2) is 0 Å². The maximum absolute atomic E-state index is 11.3. The van der Waals surface area contributed by atoms with Gasteiger partial charge in [0.1, 0.15) is 0 Å². The van der Waals surface area contributed by atoms with Crippen molar-refractivity contribution >= 4 is 10.1 Å². The molecule has 4 nitrogen and oxygen atoms in total. The van der Waals surface area contributed by atoms with E-state index in [1.165, 1.54) is 57.8 Å². The Morgan fingerprint density at radius 3 is 1.38 bits per heavy atom. The molecule has 0 aliphatic heterocycles. The van der Waals surface area contributed by atoms with Gasteiger partial charge in [0, 0.05) is 0 Å². The van der Waals surface area contributed by atoms with Crippen LogP contribution in [-0.2, 0) is 10.1 Å². The van der Waals surface area contributed by atoms with Crippen molar-refractivity contribution in [1.29, 1.82) is 0 Å². The smallest absolute Gasteiger partial charge is 0.267 e. The first-order valence-electron chi connectivity index (χ1n) is 11.1. The normalized spacial score (nSPS) is 14.5. The zero-order valence-corrected chi connectivity index (χ0v) is 18.1. The molecule has 158 valence electrons. The minimum atomic E-state index is -3.86. The molecule has 0 bridgehead atoms. The maximum Gasteiger partial charge on any atom is 0.267 e. The largest absolute Gasteiger partial charge is 0.393 e. The standard InChI is InChI=1S/C21H44O4S/c1-3-17-21(26(23,24)25)19-16-14-12-10-8-6-5-7-9-11-13-15-18-20(22)4-2/h20-22H,3-19H2,1-2H3,(H,23,24,25). The Kier molecular flexibility index (Phi) is 16.9. The minimum absolute atomic E-state index is 0.0967. The van der Waals surface area contributed by atoms with Crippen molar-refractivity contribution in [3.8, 4) is 0 Å². The molecule has 0 aromatic rings. The van der Waals surface area contributed by atoms with E-state index in [0.29, 0.717) is 12.8 Å². The summed E-state index contributed by atoms with van der Waals surface area (Å²) >= 11 is 0. The van der Waals surface area contributed by atoms with Crippen LogP contribution in [0, 0.1) is 0 Å². The molecule has 0 amide bonds. The highest BCUT2D eigenvalue weighted by atomic mass is 32.2. The Bertz CT molecular complexity index is 395. The monoisotopic (exact) mass is 392 g/mol. The molecule has 0 aliphatic carbocycles. The average molecular weight is 393 g/mol. The first-order valence-corrected chi connectivity index (χ1v) is 12.6. The molecule has 0 fully saturated rings. The average Bonchev–Trinajstić information content (AvgIpc) is 2.59. The molecule has 26 heavy (non-hydrogen) atoms. The van der Waals surface area contributed by atoms with Gasteiger partial charge < -0.3 is 5.11 Å². The van der Waals surface area contributed by atoms with E-state index in [4.69, 9.17) is 0 Å². The van der Waals surface area contributed by atoms with E-state index in [9.17, 15) is 18.1 Å². The SMILES string of the molecule is CCCC(CCCCCCCCCCCCCCC(O)CC)S(=O)(=O)O. The number of unbranched alkanes of at least 4 members (excludes halogenated alkanes) is 11. The summed E-state index contributed by atoms with van der Waals surface area (Å²) in [4.78, 5) is 0. The summed E-state index contributed by atoms with van der Waals surface area (Å²) in [5, 5.41) is 8.93. The first-order chi connectivity index (χ1) is 12.4. The maximum atomic E-state index is 11.3. The molecular formula is C21H44O4S. The highest BCUT2D eigenvalue weighted by molar-refractivity contribution is 7.86. The molecule has 0 spiro atoms. The number of hydrogen-bond donors (Lipinski definition) is 2. The van der Waals surface area contributed by atoms with Gasteiger partial charge in [0.25, 0.3) is 10.1 Å². The molecule has 5 heteroatoms. The van der Waals surface area contributed by atoms with Gasteiger partial charge in [-0.1, -0.05) is 97.3 Å². The number of rotatable bonds is 19. The van der Waals surface area contributed by atoms with Crippen LogP contribution in [0.25, 0.3) is 0 Å². The summed E-state index contributed by atoms with van der Waals surface area (Å²) in [6, 6.07) is 0. The van der Waals surface area contributed by atoms with Crippen molar-refractivity contribution in [2.75, 3.05) is 0 Å². The van der Waals surface area contributed by atoms with E-state index >= 15 is 0 Å². The van der Waals surface area contributed by atoms with Gasteiger partial charge in [-0.2, -0.15) is 8.42 Å². The lowest BCUT2D eigenvalue weighted by Crippen LogP contribution is -2.20. The van der Waals surface area contributed by atoms with Crippen LogP contribution in [0.1, 0.15) is 123 Å². The molecule has 2 unspecified atom stereocenters. The van der Waals surface area contributed by atoms with Crippen LogP contribution >= 0.6 is 0 Å².